The van der Waals surface area contributed by atoms with Crippen molar-refractivity contribution in [2.24, 2.45) is 0 Å². The molecular weight excluding hydrogens is 295 g/mol. The molecule has 1 aromatic heterocycles. The van der Waals surface area contributed by atoms with Crippen LogP contribution in [0.2, 0.25) is 0 Å². The summed E-state index contributed by atoms with van der Waals surface area (Å²) in [6, 6.07) is 13.7. The van der Waals surface area contributed by atoms with Crippen LogP contribution >= 0.6 is 0 Å². The topological polar surface area (TPSA) is 42.1 Å². The quantitative estimate of drug-likeness (QED) is 0.774. The van der Waals surface area contributed by atoms with Gasteiger partial charge in [0.05, 0.1) is 5.69 Å². The first-order valence-electron chi connectivity index (χ1n) is 6.41. The third kappa shape index (κ3) is 2.81. The molecule has 1 N–H and O–H groups in total. The highest BCUT2D eigenvalue weighted by atomic mass is 19.4. The highest BCUT2D eigenvalue weighted by molar-refractivity contribution is 5.82. The van der Waals surface area contributed by atoms with E-state index in [2.05, 4.69) is 9.72 Å². The molecule has 0 aliphatic rings. The van der Waals surface area contributed by atoms with Gasteiger partial charge in [0.15, 0.2) is 5.43 Å². The molecule has 0 aliphatic carbocycles. The molecule has 0 spiro atoms. The Hall–Kier alpha value is -2.76. The number of hydrogen-bond donors (Lipinski definition) is 1. The minimum Gasteiger partial charge on any atom is -0.405 e. The lowest BCUT2D eigenvalue weighted by atomic mass is 10.1. The summed E-state index contributed by atoms with van der Waals surface area (Å²) in [5, 5.41) is 0.473. The molecule has 1 heterocycles. The standard InChI is InChI=1S/C16H10F3NO2/c17-16(18,19)22-15-8-4-2-6-11(15)13-9-14(21)10-5-1-3-7-12(10)20-13/h1-9H,(H,20,21). The number of halogens is 3. The van der Waals surface area contributed by atoms with Crippen LogP contribution in [0.25, 0.3) is 22.2 Å². The van der Waals surface area contributed by atoms with Gasteiger partial charge in [0, 0.05) is 22.5 Å². The van der Waals surface area contributed by atoms with Crippen molar-refractivity contribution in [2.75, 3.05) is 0 Å². The Bertz CT molecular complexity index is 884. The van der Waals surface area contributed by atoms with Crippen LogP contribution in [0.1, 0.15) is 0 Å². The van der Waals surface area contributed by atoms with Gasteiger partial charge in [-0.1, -0.05) is 24.3 Å². The van der Waals surface area contributed by atoms with Crippen LogP contribution in [0, 0.1) is 0 Å². The molecule has 0 radical (unpaired) electrons. The molecule has 0 unspecified atom stereocenters. The average molecular weight is 305 g/mol. The van der Waals surface area contributed by atoms with E-state index in [1.54, 1.807) is 30.3 Å². The van der Waals surface area contributed by atoms with Gasteiger partial charge in [-0.3, -0.25) is 4.79 Å². The number of nitrogens with one attached hydrogen (secondary N) is 1. The van der Waals surface area contributed by atoms with E-state index in [9.17, 15) is 18.0 Å². The van der Waals surface area contributed by atoms with E-state index in [1.165, 1.54) is 24.3 Å². The van der Waals surface area contributed by atoms with Crippen molar-refractivity contribution in [3.8, 4) is 17.0 Å². The Morgan fingerprint density at radius 2 is 1.64 bits per heavy atom. The van der Waals surface area contributed by atoms with Crippen molar-refractivity contribution < 1.29 is 17.9 Å². The molecule has 0 amide bonds. The first kappa shape index (κ1) is 14.2. The van der Waals surface area contributed by atoms with Gasteiger partial charge in [-0.15, -0.1) is 13.2 Å². The number of H-pyrrole nitrogens is 1. The normalized spacial score (nSPS) is 11.6. The highest BCUT2D eigenvalue weighted by Crippen LogP contribution is 2.32. The SMILES string of the molecule is O=c1cc(-c2ccccc2OC(F)(F)F)[nH]c2ccccc12. The van der Waals surface area contributed by atoms with Crippen molar-refractivity contribution >= 4 is 10.9 Å². The number of ether oxygens (including phenoxy) is 1. The Morgan fingerprint density at radius 3 is 2.41 bits per heavy atom. The predicted molar refractivity (Wildman–Crippen MR) is 76.7 cm³/mol. The molecule has 3 rings (SSSR count). The number of pyridine rings is 1. The second kappa shape index (κ2) is 5.22. The maximum atomic E-state index is 12.5. The average Bonchev–Trinajstić information content (AvgIpc) is 2.46. The van der Waals surface area contributed by atoms with Crippen molar-refractivity contribution in [3.05, 3.63) is 64.8 Å². The number of benzene rings is 2. The largest absolute Gasteiger partial charge is 0.573 e. The number of fused-ring (bicyclic) bond motifs is 1. The number of alkyl halides is 3. The lowest BCUT2D eigenvalue weighted by Crippen LogP contribution is -2.17. The first-order valence-corrected chi connectivity index (χ1v) is 6.41. The first-order chi connectivity index (χ1) is 10.4. The van der Waals surface area contributed by atoms with Gasteiger partial charge in [0.1, 0.15) is 5.75 Å². The van der Waals surface area contributed by atoms with Crippen LogP contribution in [0.15, 0.2) is 59.4 Å². The van der Waals surface area contributed by atoms with E-state index in [-0.39, 0.29) is 22.4 Å². The zero-order valence-electron chi connectivity index (χ0n) is 11.1. The molecule has 2 aromatic carbocycles. The minimum absolute atomic E-state index is 0.169. The summed E-state index contributed by atoms with van der Waals surface area (Å²) >= 11 is 0. The van der Waals surface area contributed by atoms with Crippen LogP contribution in [0.3, 0.4) is 0 Å². The fraction of sp³-hybridized carbons (Fsp3) is 0.0625. The molecule has 22 heavy (non-hydrogen) atoms. The summed E-state index contributed by atoms with van der Waals surface area (Å²) in [6.45, 7) is 0. The number of hydrogen-bond acceptors (Lipinski definition) is 2. The van der Waals surface area contributed by atoms with Gasteiger partial charge < -0.3 is 9.72 Å². The zero-order valence-corrected chi connectivity index (χ0v) is 11.1. The van der Waals surface area contributed by atoms with Gasteiger partial charge in [0.25, 0.3) is 0 Å². The Balaban J connectivity index is 2.18. The molecule has 0 aliphatic heterocycles. The summed E-state index contributed by atoms with van der Waals surface area (Å²) in [7, 11) is 0. The maximum Gasteiger partial charge on any atom is 0.573 e. The number of aromatic nitrogens is 1. The lowest BCUT2D eigenvalue weighted by molar-refractivity contribution is -0.274. The van der Waals surface area contributed by atoms with Crippen LogP contribution in [-0.2, 0) is 0 Å². The Labute approximate surface area is 123 Å². The molecule has 0 fully saturated rings. The summed E-state index contributed by atoms with van der Waals surface area (Å²) in [4.78, 5) is 15.0. The van der Waals surface area contributed by atoms with E-state index >= 15 is 0 Å². The molecule has 0 saturated carbocycles. The second-order valence-electron chi connectivity index (χ2n) is 4.64. The summed E-state index contributed by atoms with van der Waals surface area (Å²) in [5.41, 5.74) is 0.712. The van der Waals surface area contributed by atoms with E-state index in [1.807, 2.05) is 0 Å². The lowest BCUT2D eigenvalue weighted by Gasteiger charge is -2.13. The van der Waals surface area contributed by atoms with Crippen LogP contribution in [-0.4, -0.2) is 11.3 Å². The minimum atomic E-state index is -4.80. The second-order valence-corrected chi connectivity index (χ2v) is 4.64. The fourth-order valence-corrected chi connectivity index (χ4v) is 2.24. The number of para-hydroxylation sites is 2. The van der Waals surface area contributed by atoms with E-state index in [0.29, 0.717) is 10.9 Å². The summed E-state index contributed by atoms with van der Waals surface area (Å²) < 4.78 is 41.4. The van der Waals surface area contributed by atoms with Crippen molar-refractivity contribution in [3.63, 3.8) is 0 Å². The Morgan fingerprint density at radius 1 is 0.955 bits per heavy atom. The monoisotopic (exact) mass is 305 g/mol. The van der Waals surface area contributed by atoms with Gasteiger partial charge in [0.2, 0.25) is 0 Å². The molecular formula is C16H10F3NO2. The molecule has 112 valence electrons. The molecule has 0 saturated heterocycles. The molecule has 6 heteroatoms. The van der Waals surface area contributed by atoms with Crippen molar-refractivity contribution in [1.29, 1.82) is 0 Å². The summed E-state index contributed by atoms with van der Waals surface area (Å²) in [5.74, 6) is -0.360. The molecule has 0 atom stereocenters. The van der Waals surface area contributed by atoms with Gasteiger partial charge in [-0.25, -0.2) is 0 Å². The fourth-order valence-electron chi connectivity index (χ4n) is 2.24. The van der Waals surface area contributed by atoms with E-state index in [4.69, 9.17) is 0 Å². The van der Waals surface area contributed by atoms with E-state index < -0.39 is 6.36 Å². The molecule has 3 aromatic rings. The third-order valence-corrected chi connectivity index (χ3v) is 3.14. The number of aromatic amines is 1. The van der Waals surface area contributed by atoms with Crippen LogP contribution in [0.4, 0.5) is 13.2 Å². The Kier molecular flexibility index (Phi) is 3.36. The zero-order chi connectivity index (χ0) is 15.7. The van der Waals surface area contributed by atoms with Gasteiger partial charge in [-0.2, -0.15) is 0 Å². The third-order valence-electron chi connectivity index (χ3n) is 3.14. The smallest absolute Gasteiger partial charge is 0.405 e. The molecule has 3 nitrogen and oxygen atoms in total. The van der Waals surface area contributed by atoms with Crippen molar-refractivity contribution in [1.82, 2.24) is 4.98 Å². The molecule has 0 bridgehead atoms. The van der Waals surface area contributed by atoms with Crippen LogP contribution in [0.5, 0.6) is 5.75 Å². The van der Waals surface area contributed by atoms with Gasteiger partial charge in [-0.05, 0) is 24.3 Å². The van der Waals surface area contributed by atoms with Gasteiger partial charge >= 0.3 is 6.36 Å². The highest BCUT2D eigenvalue weighted by Gasteiger charge is 2.32. The predicted octanol–water partition coefficient (Wildman–Crippen LogP) is 4.09. The number of rotatable bonds is 2. The van der Waals surface area contributed by atoms with Crippen LogP contribution < -0.4 is 10.2 Å². The summed E-state index contributed by atoms with van der Waals surface area (Å²) in [6.07, 6.45) is -4.80. The van der Waals surface area contributed by atoms with E-state index in [0.717, 1.165) is 0 Å². The van der Waals surface area contributed by atoms with Crippen molar-refractivity contribution in [2.45, 2.75) is 6.36 Å². The maximum absolute atomic E-state index is 12.5.